The van der Waals surface area contributed by atoms with E-state index in [0.29, 0.717) is 11.1 Å². The SMILES string of the molecule is COC(=O)c1ccc(C(O)C(O)CCl)cc1. The second-order valence-corrected chi connectivity index (χ2v) is 3.59. The highest BCUT2D eigenvalue weighted by molar-refractivity contribution is 6.18. The monoisotopic (exact) mass is 244 g/mol. The normalized spacial score (nSPS) is 14.2. The van der Waals surface area contributed by atoms with E-state index in [1.54, 1.807) is 12.1 Å². The van der Waals surface area contributed by atoms with Crippen LogP contribution in [-0.2, 0) is 4.74 Å². The van der Waals surface area contributed by atoms with E-state index in [0.717, 1.165) is 0 Å². The molecule has 2 N–H and O–H groups in total. The second kappa shape index (κ2) is 5.84. The number of halogens is 1. The van der Waals surface area contributed by atoms with Crippen LogP contribution in [0.2, 0.25) is 0 Å². The molecule has 0 fully saturated rings. The number of aliphatic hydroxyl groups is 2. The second-order valence-electron chi connectivity index (χ2n) is 3.28. The fourth-order valence-electron chi connectivity index (χ4n) is 1.24. The van der Waals surface area contributed by atoms with Gasteiger partial charge in [0.25, 0.3) is 0 Å². The summed E-state index contributed by atoms with van der Waals surface area (Å²) in [6.07, 6.45) is -2.07. The van der Waals surface area contributed by atoms with E-state index < -0.39 is 18.2 Å². The molecule has 0 saturated carbocycles. The zero-order valence-electron chi connectivity index (χ0n) is 8.76. The maximum Gasteiger partial charge on any atom is 0.337 e. The average Bonchev–Trinajstić information content (AvgIpc) is 2.36. The Hall–Kier alpha value is -1.10. The number of alkyl halides is 1. The van der Waals surface area contributed by atoms with Crippen LogP contribution in [0.15, 0.2) is 24.3 Å². The minimum absolute atomic E-state index is 0.0556. The summed E-state index contributed by atoms with van der Waals surface area (Å²) in [7, 11) is 1.29. The number of hydrogen-bond donors (Lipinski definition) is 2. The molecule has 0 aliphatic carbocycles. The Bertz CT molecular complexity index is 350. The zero-order valence-corrected chi connectivity index (χ0v) is 9.52. The van der Waals surface area contributed by atoms with Crippen molar-refractivity contribution < 1.29 is 19.7 Å². The lowest BCUT2D eigenvalue weighted by Gasteiger charge is -2.15. The predicted molar refractivity (Wildman–Crippen MR) is 59.5 cm³/mol. The van der Waals surface area contributed by atoms with Crippen molar-refractivity contribution in [1.29, 1.82) is 0 Å². The van der Waals surface area contributed by atoms with E-state index in [4.69, 9.17) is 11.6 Å². The minimum Gasteiger partial charge on any atom is -0.465 e. The van der Waals surface area contributed by atoms with Crippen molar-refractivity contribution in [2.75, 3.05) is 13.0 Å². The Kier molecular flexibility index (Phi) is 4.73. The van der Waals surface area contributed by atoms with Crippen LogP contribution in [0.1, 0.15) is 22.0 Å². The summed E-state index contributed by atoms with van der Waals surface area (Å²) in [6.45, 7) is 0. The lowest BCUT2D eigenvalue weighted by atomic mass is 10.0. The molecule has 0 bridgehead atoms. The minimum atomic E-state index is -1.05. The first-order valence-electron chi connectivity index (χ1n) is 4.70. The maximum absolute atomic E-state index is 11.1. The van der Waals surface area contributed by atoms with Crippen molar-refractivity contribution in [3.8, 4) is 0 Å². The molecular formula is C11H13ClO4. The van der Waals surface area contributed by atoms with Gasteiger partial charge in [0, 0.05) is 0 Å². The van der Waals surface area contributed by atoms with Crippen LogP contribution >= 0.6 is 11.6 Å². The first-order valence-corrected chi connectivity index (χ1v) is 5.24. The molecule has 0 aliphatic rings. The molecule has 0 radical (unpaired) electrons. The molecule has 0 spiro atoms. The molecule has 0 amide bonds. The lowest BCUT2D eigenvalue weighted by Crippen LogP contribution is -2.19. The summed E-state index contributed by atoms with van der Waals surface area (Å²) in [5, 5.41) is 19.0. The van der Waals surface area contributed by atoms with Crippen molar-refractivity contribution in [3.05, 3.63) is 35.4 Å². The van der Waals surface area contributed by atoms with Gasteiger partial charge >= 0.3 is 5.97 Å². The third kappa shape index (κ3) is 2.95. The molecule has 16 heavy (non-hydrogen) atoms. The van der Waals surface area contributed by atoms with Crippen molar-refractivity contribution >= 4 is 17.6 Å². The summed E-state index contributed by atoms with van der Waals surface area (Å²) in [4.78, 5) is 11.1. The fraction of sp³-hybridized carbons (Fsp3) is 0.364. The summed E-state index contributed by atoms with van der Waals surface area (Å²) < 4.78 is 4.53. The number of hydrogen-bond acceptors (Lipinski definition) is 4. The molecule has 0 aliphatic heterocycles. The molecule has 2 unspecified atom stereocenters. The average molecular weight is 245 g/mol. The molecule has 1 rings (SSSR count). The first-order chi connectivity index (χ1) is 7.60. The number of benzene rings is 1. The molecule has 1 aromatic rings. The Morgan fingerprint density at radius 3 is 2.38 bits per heavy atom. The highest BCUT2D eigenvalue weighted by Crippen LogP contribution is 2.18. The Morgan fingerprint density at radius 1 is 1.38 bits per heavy atom. The number of methoxy groups -OCH3 is 1. The van der Waals surface area contributed by atoms with Crippen molar-refractivity contribution in [1.82, 2.24) is 0 Å². The number of rotatable bonds is 4. The van der Waals surface area contributed by atoms with Crippen LogP contribution in [-0.4, -0.2) is 35.3 Å². The number of carbonyl (C=O) groups excluding carboxylic acids is 1. The van der Waals surface area contributed by atoms with Crippen LogP contribution in [0.5, 0.6) is 0 Å². The molecule has 0 aromatic heterocycles. The fourth-order valence-corrected chi connectivity index (χ4v) is 1.41. The standard InChI is InChI=1S/C11H13ClO4/c1-16-11(15)8-4-2-7(3-5-8)10(14)9(13)6-12/h2-5,9-10,13-14H,6H2,1H3. The van der Waals surface area contributed by atoms with Crippen LogP contribution in [0.4, 0.5) is 0 Å². The van der Waals surface area contributed by atoms with Gasteiger partial charge in [-0.15, -0.1) is 11.6 Å². The van der Waals surface area contributed by atoms with Crippen molar-refractivity contribution in [2.24, 2.45) is 0 Å². The van der Waals surface area contributed by atoms with Crippen molar-refractivity contribution in [2.45, 2.75) is 12.2 Å². The van der Waals surface area contributed by atoms with E-state index in [-0.39, 0.29) is 5.88 Å². The van der Waals surface area contributed by atoms with Crippen LogP contribution < -0.4 is 0 Å². The van der Waals surface area contributed by atoms with E-state index in [9.17, 15) is 15.0 Å². The van der Waals surface area contributed by atoms with Crippen LogP contribution in [0.3, 0.4) is 0 Å². The molecule has 5 heteroatoms. The first kappa shape index (κ1) is 13.0. The highest BCUT2D eigenvalue weighted by atomic mass is 35.5. The molecule has 88 valence electrons. The van der Waals surface area contributed by atoms with E-state index >= 15 is 0 Å². The van der Waals surface area contributed by atoms with Gasteiger partial charge in [0.2, 0.25) is 0 Å². The molecule has 0 saturated heterocycles. The Balaban J connectivity index is 2.82. The van der Waals surface area contributed by atoms with E-state index in [1.165, 1.54) is 19.2 Å². The molecule has 0 heterocycles. The smallest absolute Gasteiger partial charge is 0.337 e. The van der Waals surface area contributed by atoms with E-state index in [1.807, 2.05) is 0 Å². The number of carbonyl (C=O) groups is 1. The van der Waals surface area contributed by atoms with Crippen LogP contribution in [0, 0.1) is 0 Å². The molecular weight excluding hydrogens is 232 g/mol. The van der Waals surface area contributed by atoms with Gasteiger partial charge in [0.05, 0.1) is 24.7 Å². The van der Waals surface area contributed by atoms with Crippen LogP contribution in [0.25, 0.3) is 0 Å². The largest absolute Gasteiger partial charge is 0.465 e. The Morgan fingerprint density at radius 2 is 1.94 bits per heavy atom. The summed E-state index contributed by atoms with van der Waals surface area (Å²) in [5.74, 6) is -0.501. The van der Waals surface area contributed by atoms with Gasteiger partial charge in [-0.1, -0.05) is 12.1 Å². The summed E-state index contributed by atoms with van der Waals surface area (Å²) in [6, 6.07) is 6.13. The van der Waals surface area contributed by atoms with Gasteiger partial charge < -0.3 is 14.9 Å². The summed E-state index contributed by atoms with van der Waals surface area (Å²) >= 11 is 5.42. The number of aliphatic hydroxyl groups excluding tert-OH is 2. The third-order valence-electron chi connectivity index (χ3n) is 2.20. The van der Waals surface area contributed by atoms with Gasteiger partial charge in [-0.3, -0.25) is 0 Å². The molecule has 1 aromatic carbocycles. The maximum atomic E-state index is 11.1. The third-order valence-corrected chi connectivity index (χ3v) is 2.51. The summed E-state index contributed by atoms with van der Waals surface area (Å²) in [5.41, 5.74) is 0.889. The number of ether oxygens (including phenoxy) is 1. The quantitative estimate of drug-likeness (QED) is 0.615. The lowest BCUT2D eigenvalue weighted by molar-refractivity contribution is 0.0327. The van der Waals surface area contributed by atoms with Gasteiger partial charge in [-0.2, -0.15) is 0 Å². The van der Waals surface area contributed by atoms with Gasteiger partial charge in [0.1, 0.15) is 6.10 Å². The zero-order chi connectivity index (χ0) is 12.1. The van der Waals surface area contributed by atoms with Gasteiger partial charge in [-0.05, 0) is 17.7 Å². The predicted octanol–water partition coefficient (Wildman–Crippen LogP) is 1.11. The van der Waals surface area contributed by atoms with Gasteiger partial charge in [-0.25, -0.2) is 4.79 Å². The Labute approximate surface area is 98.4 Å². The molecule has 4 nitrogen and oxygen atoms in total. The topological polar surface area (TPSA) is 66.8 Å². The highest BCUT2D eigenvalue weighted by Gasteiger charge is 2.17. The number of esters is 1. The van der Waals surface area contributed by atoms with Gasteiger partial charge in [0.15, 0.2) is 0 Å². The molecule has 2 atom stereocenters. The van der Waals surface area contributed by atoms with E-state index in [2.05, 4.69) is 4.74 Å². The van der Waals surface area contributed by atoms with Crippen molar-refractivity contribution in [3.63, 3.8) is 0 Å².